The maximum Gasteiger partial charge on any atom is 0.268 e. The Morgan fingerprint density at radius 3 is 1.82 bits per heavy atom. The van der Waals surface area contributed by atoms with E-state index < -0.39 is 26.6 Å². The third-order valence-electron chi connectivity index (χ3n) is 8.19. The molecule has 2 N–H and O–H groups in total. The number of hydrogen-bond donors (Lipinski definition) is 2. The smallest absolute Gasteiger partial charge is 0.268 e. The van der Waals surface area contributed by atoms with Crippen molar-refractivity contribution in [1.82, 2.24) is 5.32 Å². The number of quaternary nitrogens is 1. The Bertz CT molecular complexity index is 1000. The highest BCUT2D eigenvalue weighted by atomic mass is 31.2. The molecule has 0 spiro atoms. The Balaban J connectivity index is 4.49. The normalized spacial score (nSPS) is 15.3. The summed E-state index contributed by atoms with van der Waals surface area (Å²) in [5.74, 6) is -0.226. The van der Waals surface area contributed by atoms with Crippen molar-refractivity contribution in [2.75, 3.05) is 40.9 Å². The van der Waals surface area contributed by atoms with Crippen LogP contribution in [-0.4, -0.2) is 68.5 Å². The van der Waals surface area contributed by atoms with Gasteiger partial charge in [0.1, 0.15) is 13.2 Å². The van der Waals surface area contributed by atoms with E-state index in [4.69, 9.17) is 9.05 Å². The van der Waals surface area contributed by atoms with Gasteiger partial charge in [0.15, 0.2) is 0 Å². The summed E-state index contributed by atoms with van der Waals surface area (Å²) in [5, 5.41) is 13.6. The van der Waals surface area contributed by atoms with Crippen LogP contribution in [0.1, 0.15) is 142 Å². The number of nitrogens with zero attached hydrogens (tertiary/aromatic N) is 1. The zero-order valence-electron chi connectivity index (χ0n) is 32.6. The molecule has 8 nitrogen and oxygen atoms in total. The van der Waals surface area contributed by atoms with Gasteiger partial charge in [0, 0.05) is 6.42 Å². The van der Waals surface area contributed by atoms with Crippen LogP contribution in [0.4, 0.5) is 0 Å². The lowest BCUT2D eigenvalue weighted by molar-refractivity contribution is -0.870. The highest BCUT2D eigenvalue weighted by Crippen LogP contribution is 2.38. The molecule has 290 valence electrons. The second-order valence-corrected chi connectivity index (χ2v) is 15.6. The SMILES string of the molecule is CC/C=C/CC/C=C/CC/C=C/C(O)C(COP(=O)([O-])OCC[N+](C)(C)C)NC(=O)CCCCCCCCC/C=C\C/C=C\CCCCCC. The molecular weight excluding hydrogens is 647 g/mol. The lowest BCUT2D eigenvalue weighted by atomic mass is 10.1. The summed E-state index contributed by atoms with van der Waals surface area (Å²) in [6.45, 7) is 4.43. The molecule has 9 heteroatoms. The minimum Gasteiger partial charge on any atom is -0.756 e. The molecule has 1 amide bonds. The quantitative estimate of drug-likeness (QED) is 0.0297. The first-order valence-corrected chi connectivity index (χ1v) is 21.1. The van der Waals surface area contributed by atoms with Gasteiger partial charge in [-0.25, -0.2) is 0 Å². The summed E-state index contributed by atoms with van der Waals surface area (Å²) >= 11 is 0. The van der Waals surface area contributed by atoms with Gasteiger partial charge in [-0.2, -0.15) is 0 Å². The number of likely N-dealkylation sites (N-methyl/N-ethyl adjacent to an activating group) is 1. The molecule has 50 heavy (non-hydrogen) atoms. The van der Waals surface area contributed by atoms with Gasteiger partial charge < -0.3 is 28.8 Å². The second kappa shape index (κ2) is 33.1. The first-order chi connectivity index (χ1) is 24.0. The van der Waals surface area contributed by atoms with Gasteiger partial charge >= 0.3 is 0 Å². The molecular formula is C41H75N2O6P. The zero-order chi connectivity index (χ0) is 37.2. The first kappa shape index (κ1) is 48.2. The van der Waals surface area contributed by atoms with Crippen molar-refractivity contribution < 1.29 is 32.9 Å². The summed E-state index contributed by atoms with van der Waals surface area (Å²) in [6.07, 6.45) is 41.3. The number of allylic oxidation sites excluding steroid dienone is 9. The van der Waals surface area contributed by atoms with E-state index in [9.17, 15) is 19.4 Å². The predicted molar refractivity (Wildman–Crippen MR) is 210 cm³/mol. The Hall–Kier alpha value is -1.80. The molecule has 0 heterocycles. The number of nitrogens with one attached hydrogen (secondary N) is 1. The molecule has 0 radical (unpaired) electrons. The van der Waals surface area contributed by atoms with E-state index in [2.05, 4.69) is 67.8 Å². The molecule has 3 atom stereocenters. The van der Waals surface area contributed by atoms with Crippen molar-refractivity contribution in [3.8, 4) is 0 Å². The molecule has 0 saturated carbocycles. The average Bonchev–Trinajstić information content (AvgIpc) is 3.06. The standard InChI is InChI=1S/C41H75N2O6P/c1-6-8-10-12-14-16-18-19-20-21-22-23-24-25-27-29-31-33-35-41(45)42-39(38-49-50(46,47)48-37-36-43(3,4)5)40(44)34-32-30-28-26-17-15-13-11-9-7-2/h9,11,16-18,20-21,26,32,34,39-40,44H,6-8,10,12-15,19,22-25,27-31,33,35-38H2,1-5H3,(H-,42,45,46,47)/b11-9+,18-16-,21-20-,26-17+,34-32+. The van der Waals surface area contributed by atoms with Crippen molar-refractivity contribution in [2.45, 2.75) is 154 Å². The number of carbonyl (C=O) groups is 1. The van der Waals surface area contributed by atoms with Crippen LogP contribution in [0, 0.1) is 0 Å². The van der Waals surface area contributed by atoms with Crippen LogP contribution in [0.25, 0.3) is 0 Å². The molecule has 0 saturated heterocycles. The average molecular weight is 723 g/mol. The molecule has 0 rings (SSSR count). The van der Waals surface area contributed by atoms with E-state index in [1.54, 1.807) is 6.08 Å². The molecule has 0 aliphatic rings. The minimum atomic E-state index is -4.59. The predicted octanol–water partition coefficient (Wildman–Crippen LogP) is 9.66. The Labute approximate surface area is 307 Å². The van der Waals surface area contributed by atoms with Crippen molar-refractivity contribution in [3.63, 3.8) is 0 Å². The van der Waals surface area contributed by atoms with Crippen LogP contribution in [0.2, 0.25) is 0 Å². The number of hydrogen-bond acceptors (Lipinski definition) is 6. The minimum absolute atomic E-state index is 0.0135. The van der Waals surface area contributed by atoms with E-state index in [1.807, 2.05) is 27.2 Å². The largest absolute Gasteiger partial charge is 0.756 e. The van der Waals surface area contributed by atoms with Gasteiger partial charge in [-0.05, 0) is 70.6 Å². The monoisotopic (exact) mass is 723 g/mol. The molecule has 0 aliphatic carbocycles. The summed E-state index contributed by atoms with van der Waals surface area (Å²) in [5.41, 5.74) is 0. The molecule has 0 aromatic carbocycles. The fourth-order valence-corrected chi connectivity index (χ4v) is 5.77. The van der Waals surface area contributed by atoms with Crippen molar-refractivity contribution in [1.29, 1.82) is 0 Å². The Morgan fingerprint density at radius 2 is 1.24 bits per heavy atom. The van der Waals surface area contributed by atoms with Crippen molar-refractivity contribution in [2.24, 2.45) is 0 Å². The fraction of sp³-hybridized carbons (Fsp3) is 0.732. The second-order valence-electron chi connectivity index (χ2n) is 14.2. The highest BCUT2D eigenvalue weighted by Gasteiger charge is 2.23. The zero-order valence-corrected chi connectivity index (χ0v) is 33.5. The van der Waals surface area contributed by atoms with Gasteiger partial charge in [-0.3, -0.25) is 9.36 Å². The van der Waals surface area contributed by atoms with Gasteiger partial charge in [0.25, 0.3) is 7.82 Å². The number of aliphatic hydroxyl groups is 1. The Kier molecular flexibility index (Phi) is 31.9. The number of amides is 1. The summed E-state index contributed by atoms with van der Waals surface area (Å²) in [7, 11) is 1.21. The van der Waals surface area contributed by atoms with E-state index in [0.717, 1.165) is 70.6 Å². The molecule has 0 fully saturated rings. The fourth-order valence-electron chi connectivity index (χ4n) is 5.04. The van der Waals surface area contributed by atoms with Crippen LogP contribution in [0.15, 0.2) is 60.8 Å². The van der Waals surface area contributed by atoms with Gasteiger partial charge in [0.05, 0.1) is 39.9 Å². The highest BCUT2D eigenvalue weighted by molar-refractivity contribution is 7.45. The molecule has 0 bridgehead atoms. The Morgan fingerprint density at radius 1 is 0.720 bits per heavy atom. The van der Waals surface area contributed by atoms with E-state index in [1.165, 1.54) is 51.4 Å². The summed E-state index contributed by atoms with van der Waals surface area (Å²) in [6, 6.07) is -0.912. The molecule has 0 aromatic rings. The molecule has 3 unspecified atom stereocenters. The lowest BCUT2D eigenvalue weighted by Gasteiger charge is -2.29. The van der Waals surface area contributed by atoms with Crippen molar-refractivity contribution in [3.05, 3.63) is 60.8 Å². The van der Waals surface area contributed by atoms with Crippen molar-refractivity contribution >= 4 is 13.7 Å². The van der Waals surface area contributed by atoms with E-state index in [0.29, 0.717) is 17.4 Å². The van der Waals surface area contributed by atoms with Gasteiger partial charge in [-0.15, -0.1) is 0 Å². The maximum absolute atomic E-state index is 12.8. The number of phosphoric acid groups is 1. The van der Waals surface area contributed by atoms with Crippen LogP contribution in [0.3, 0.4) is 0 Å². The number of phosphoric ester groups is 1. The first-order valence-electron chi connectivity index (χ1n) is 19.7. The molecule has 0 aliphatic heterocycles. The number of aliphatic hydroxyl groups excluding tert-OH is 1. The van der Waals surface area contributed by atoms with Crippen LogP contribution in [0.5, 0.6) is 0 Å². The summed E-state index contributed by atoms with van der Waals surface area (Å²) in [4.78, 5) is 25.1. The number of carbonyl (C=O) groups excluding carboxylic acids is 1. The summed E-state index contributed by atoms with van der Waals surface area (Å²) < 4.78 is 23.0. The lowest BCUT2D eigenvalue weighted by Crippen LogP contribution is -2.45. The van der Waals surface area contributed by atoms with E-state index >= 15 is 0 Å². The number of unbranched alkanes of at least 4 members (excludes halogenated alkanes) is 13. The maximum atomic E-state index is 12.8. The van der Waals surface area contributed by atoms with Gasteiger partial charge in [-0.1, -0.05) is 126 Å². The number of rotatable bonds is 34. The van der Waals surface area contributed by atoms with Crippen LogP contribution < -0.4 is 10.2 Å². The third-order valence-corrected chi connectivity index (χ3v) is 9.15. The third kappa shape index (κ3) is 34.6. The topological polar surface area (TPSA) is 108 Å². The van der Waals surface area contributed by atoms with Gasteiger partial charge in [0.2, 0.25) is 5.91 Å². The molecule has 0 aromatic heterocycles. The van der Waals surface area contributed by atoms with E-state index in [-0.39, 0.29) is 12.5 Å². The van der Waals surface area contributed by atoms with Crippen LogP contribution >= 0.6 is 7.82 Å². The van der Waals surface area contributed by atoms with Crippen LogP contribution in [-0.2, 0) is 18.4 Å².